The van der Waals surface area contributed by atoms with Gasteiger partial charge in [-0.1, -0.05) is 6.92 Å². The van der Waals surface area contributed by atoms with Crippen molar-refractivity contribution < 1.29 is 17.6 Å². The SMILES string of the molecule is CC1CC1c1ccc(CNc2ccc(C(F)(F)F)cc2)o1. The van der Waals surface area contributed by atoms with Crippen LogP contribution in [0.2, 0.25) is 0 Å². The highest BCUT2D eigenvalue weighted by Gasteiger charge is 2.36. The number of hydrogen-bond donors (Lipinski definition) is 1. The van der Waals surface area contributed by atoms with Gasteiger partial charge in [0.25, 0.3) is 0 Å². The molecule has 5 heteroatoms. The van der Waals surface area contributed by atoms with Crippen molar-refractivity contribution in [3.8, 4) is 0 Å². The van der Waals surface area contributed by atoms with Gasteiger partial charge in [-0.15, -0.1) is 0 Å². The lowest BCUT2D eigenvalue weighted by atomic mass is 10.2. The zero-order chi connectivity index (χ0) is 15.0. The Morgan fingerprint density at radius 3 is 2.38 bits per heavy atom. The molecule has 3 rings (SSSR count). The van der Waals surface area contributed by atoms with Crippen molar-refractivity contribution in [2.24, 2.45) is 5.92 Å². The van der Waals surface area contributed by atoms with Crippen molar-refractivity contribution in [2.45, 2.75) is 32.0 Å². The Bertz CT molecular complexity index is 615. The van der Waals surface area contributed by atoms with Crippen LogP contribution < -0.4 is 5.32 Å². The first-order valence-electron chi connectivity index (χ1n) is 6.93. The molecule has 1 aliphatic carbocycles. The summed E-state index contributed by atoms with van der Waals surface area (Å²) < 4.78 is 43.1. The second-order valence-electron chi connectivity index (χ2n) is 5.55. The van der Waals surface area contributed by atoms with E-state index in [-0.39, 0.29) is 0 Å². The van der Waals surface area contributed by atoms with E-state index in [0.29, 0.717) is 24.1 Å². The Hall–Kier alpha value is -1.91. The van der Waals surface area contributed by atoms with Gasteiger partial charge in [0.05, 0.1) is 12.1 Å². The molecule has 112 valence electrons. The van der Waals surface area contributed by atoms with Crippen molar-refractivity contribution in [3.05, 3.63) is 53.5 Å². The van der Waals surface area contributed by atoms with Gasteiger partial charge in [-0.3, -0.25) is 0 Å². The summed E-state index contributed by atoms with van der Waals surface area (Å²) in [5.41, 5.74) is -0.00297. The molecular weight excluding hydrogens is 279 g/mol. The minimum Gasteiger partial charge on any atom is -0.464 e. The molecule has 0 saturated heterocycles. The normalized spacial score (nSPS) is 21.3. The van der Waals surface area contributed by atoms with Crippen LogP contribution in [0.3, 0.4) is 0 Å². The van der Waals surface area contributed by atoms with Crippen molar-refractivity contribution in [1.82, 2.24) is 0 Å². The molecule has 2 unspecified atom stereocenters. The minimum absolute atomic E-state index is 0.465. The molecule has 2 nitrogen and oxygen atoms in total. The Morgan fingerprint density at radius 2 is 1.81 bits per heavy atom. The van der Waals surface area contributed by atoms with E-state index < -0.39 is 11.7 Å². The summed E-state index contributed by atoms with van der Waals surface area (Å²) in [5.74, 6) is 3.02. The largest absolute Gasteiger partial charge is 0.464 e. The summed E-state index contributed by atoms with van der Waals surface area (Å²) in [6.07, 6.45) is -3.13. The van der Waals surface area contributed by atoms with Crippen LogP contribution in [-0.2, 0) is 12.7 Å². The first-order chi connectivity index (χ1) is 9.93. The molecule has 0 spiro atoms. The maximum atomic E-state index is 12.5. The van der Waals surface area contributed by atoms with Crippen LogP contribution in [0.5, 0.6) is 0 Å². The topological polar surface area (TPSA) is 25.2 Å². The van der Waals surface area contributed by atoms with E-state index in [0.717, 1.165) is 23.7 Å². The van der Waals surface area contributed by atoms with E-state index >= 15 is 0 Å². The Kier molecular flexibility index (Phi) is 3.43. The molecule has 2 aromatic rings. The van der Waals surface area contributed by atoms with Crippen molar-refractivity contribution >= 4 is 5.69 Å². The highest BCUT2D eigenvalue weighted by Crippen LogP contribution is 2.47. The third-order valence-corrected chi connectivity index (χ3v) is 3.84. The number of benzene rings is 1. The lowest BCUT2D eigenvalue weighted by molar-refractivity contribution is -0.137. The number of alkyl halides is 3. The van der Waals surface area contributed by atoms with Crippen LogP contribution in [0.4, 0.5) is 18.9 Å². The van der Waals surface area contributed by atoms with Crippen LogP contribution in [0, 0.1) is 5.92 Å². The first kappa shape index (κ1) is 14.0. The highest BCUT2D eigenvalue weighted by atomic mass is 19.4. The van der Waals surface area contributed by atoms with Crippen LogP contribution in [0.1, 0.15) is 36.3 Å². The third-order valence-electron chi connectivity index (χ3n) is 3.84. The molecule has 1 aliphatic rings. The summed E-state index contributed by atoms with van der Waals surface area (Å²) in [7, 11) is 0. The fourth-order valence-corrected chi connectivity index (χ4v) is 2.37. The predicted octanol–water partition coefficient (Wildman–Crippen LogP) is 5.03. The molecule has 1 aromatic carbocycles. The Balaban J connectivity index is 1.58. The molecule has 1 saturated carbocycles. The second kappa shape index (κ2) is 5.13. The second-order valence-corrected chi connectivity index (χ2v) is 5.55. The van der Waals surface area contributed by atoms with E-state index in [1.807, 2.05) is 12.1 Å². The number of hydrogen-bond acceptors (Lipinski definition) is 2. The number of anilines is 1. The summed E-state index contributed by atoms with van der Waals surface area (Å²) in [6.45, 7) is 2.65. The van der Waals surface area contributed by atoms with E-state index in [1.165, 1.54) is 18.6 Å². The maximum Gasteiger partial charge on any atom is 0.416 e. The lowest BCUT2D eigenvalue weighted by Crippen LogP contribution is -2.05. The molecule has 1 fully saturated rings. The van der Waals surface area contributed by atoms with Gasteiger partial charge in [-0.2, -0.15) is 13.2 Å². The minimum atomic E-state index is -4.30. The Morgan fingerprint density at radius 1 is 1.14 bits per heavy atom. The summed E-state index contributed by atoms with van der Waals surface area (Å²) >= 11 is 0. The van der Waals surface area contributed by atoms with E-state index in [4.69, 9.17) is 4.42 Å². The van der Waals surface area contributed by atoms with Crippen molar-refractivity contribution in [3.63, 3.8) is 0 Å². The van der Waals surface area contributed by atoms with Gasteiger partial charge in [0, 0.05) is 11.6 Å². The molecule has 0 amide bonds. The van der Waals surface area contributed by atoms with Crippen molar-refractivity contribution in [1.29, 1.82) is 0 Å². The molecule has 1 N–H and O–H groups in total. The van der Waals surface area contributed by atoms with Gasteiger partial charge in [0.2, 0.25) is 0 Å². The standard InChI is InChI=1S/C16H16F3NO/c1-10-8-14(10)15-7-6-13(21-15)9-20-12-4-2-11(3-5-12)16(17,18)19/h2-7,10,14,20H,8-9H2,1H3. The smallest absolute Gasteiger partial charge is 0.416 e. The van der Waals surface area contributed by atoms with E-state index in [2.05, 4.69) is 12.2 Å². The molecule has 2 atom stereocenters. The molecule has 0 bridgehead atoms. The van der Waals surface area contributed by atoms with E-state index in [9.17, 15) is 13.2 Å². The number of nitrogens with one attached hydrogen (secondary N) is 1. The number of furan rings is 1. The van der Waals surface area contributed by atoms with Gasteiger partial charge in [-0.25, -0.2) is 0 Å². The lowest BCUT2D eigenvalue weighted by Gasteiger charge is -2.08. The zero-order valence-corrected chi connectivity index (χ0v) is 11.6. The molecule has 21 heavy (non-hydrogen) atoms. The first-order valence-corrected chi connectivity index (χ1v) is 6.93. The van der Waals surface area contributed by atoms with Gasteiger partial charge in [0.1, 0.15) is 11.5 Å². The summed E-state index contributed by atoms with van der Waals surface area (Å²) in [4.78, 5) is 0. The molecule has 0 radical (unpaired) electrons. The fraction of sp³-hybridized carbons (Fsp3) is 0.375. The molecule has 0 aliphatic heterocycles. The van der Waals surface area contributed by atoms with Gasteiger partial charge in [0.15, 0.2) is 0 Å². The Labute approximate surface area is 121 Å². The average Bonchev–Trinajstić information content (AvgIpc) is 2.99. The summed E-state index contributed by atoms with van der Waals surface area (Å²) in [5, 5.41) is 3.06. The fourth-order valence-electron chi connectivity index (χ4n) is 2.37. The van der Waals surface area contributed by atoms with Gasteiger partial charge >= 0.3 is 6.18 Å². The van der Waals surface area contributed by atoms with Crippen LogP contribution in [-0.4, -0.2) is 0 Å². The quantitative estimate of drug-likeness (QED) is 0.855. The summed E-state index contributed by atoms with van der Waals surface area (Å²) in [6, 6.07) is 8.89. The third kappa shape index (κ3) is 3.23. The van der Waals surface area contributed by atoms with Crippen LogP contribution >= 0.6 is 0 Å². The van der Waals surface area contributed by atoms with Gasteiger partial charge in [-0.05, 0) is 48.7 Å². The molecule has 1 aromatic heterocycles. The molecular formula is C16H16F3NO. The van der Waals surface area contributed by atoms with Crippen LogP contribution in [0.15, 0.2) is 40.8 Å². The van der Waals surface area contributed by atoms with Crippen molar-refractivity contribution in [2.75, 3.05) is 5.32 Å². The predicted molar refractivity (Wildman–Crippen MR) is 74.0 cm³/mol. The number of halogens is 3. The maximum absolute atomic E-state index is 12.5. The van der Waals surface area contributed by atoms with Crippen LogP contribution in [0.25, 0.3) is 0 Å². The van der Waals surface area contributed by atoms with Gasteiger partial charge < -0.3 is 9.73 Å². The monoisotopic (exact) mass is 295 g/mol. The zero-order valence-electron chi connectivity index (χ0n) is 11.6. The van der Waals surface area contributed by atoms with E-state index in [1.54, 1.807) is 0 Å². The molecule has 1 heterocycles. The number of rotatable bonds is 4. The average molecular weight is 295 g/mol. The highest BCUT2D eigenvalue weighted by molar-refractivity contribution is 5.45.